The summed E-state index contributed by atoms with van der Waals surface area (Å²) in [7, 11) is 0. The third-order valence-corrected chi connectivity index (χ3v) is 3.28. The standard InChI is InChI=1S/C16H33/c1-4-5-6-7-8-9-10-11-12-13-14-15-16(2)3/h16H,1,4-15H2,2-3H3. The van der Waals surface area contributed by atoms with Crippen LogP contribution in [0.2, 0.25) is 0 Å². The second kappa shape index (κ2) is 13.1. The van der Waals surface area contributed by atoms with Crippen molar-refractivity contribution in [2.24, 2.45) is 5.92 Å². The fourth-order valence-corrected chi connectivity index (χ4v) is 2.14. The van der Waals surface area contributed by atoms with E-state index < -0.39 is 0 Å². The van der Waals surface area contributed by atoms with E-state index in [0.717, 1.165) is 12.3 Å². The van der Waals surface area contributed by atoms with Crippen molar-refractivity contribution in [3.8, 4) is 0 Å². The molecule has 0 aliphatic carbocycles. The summed E-state index contributed by atoms with van der Waals surface area (Å²) in [6.45, 7) is 8.52. The molecule has 0 aliphatic heterocycles. The summed E-state index contributed by atoms with van der Waals surface area (Å²) in [5.41, 5.74) is 0. The number of rotatable bonds is 12. The molecule has 0 N–H and O–H groups in total. The van der Waals surface area contributed by atoms with Crippen molar-refractivity contribution in [2.75, 3.05) is 0 Å². The van der Waals surface area contributed by atoms with E-state index in [2.05, 4.69) is 20.8 Å². The highest BCUT2D eigenvalue weighted by Gasteiger charge is 1.95. The molecule has 0 unspecified atom stereocenters. The van der Waals surface area contributed by atoms with Gasteiger partial charge in [0, 0.05) is 0 Å². The first-order chi connectivity index (χ1) is 7.77. The van der Waals surface area contributed by atoms with Crippen LogP contribution in [-0.4, -0.2) is 0 Å². The molecule has 16 heavy (non-hydrogen) atoms. The van der Waals surface area contributed by atoms with Gasteiger partial charge < -0.3 is 0 Å². The van der Waals surface area contributed by atoms with E-state index in [1.54, 1.807) is 0 Å². The average molecular weight is 225 g/mol. The van der Waals surface area contributed by atoms with Crippen LogP contribution in [0.25, 0.3) is 0 Å². The second-order valence-corrected chi connectivity index (χ2v) is 5.57. The molecule has 0 rings (SSSR count). The highest BCUT2D eigenvalue weighted by molar-refractivity contribution is 4.50. The Balaban J connectivity index is 2.88. The fraction of sp³-hybridized carbons (Fsp3) is 0.938. The van der Waals surface area contributed by atoms with Gasteiger partial charge in [-0.2, -0.15) is 0 Å². The van der Waals surface area contributed by atoms with Gasteiger partial charge in [-0.1, -0.05) is 97.8 Å². The zero-order chi connectivity index (χ0) is 12.1. The molecule has 1 radical (unpaired) electrons. The molecule has 0 saturated heterocycles. The van der Waals surface area contributed by atoms with Gasteiger partial charge in [-0.3, -0.25) is 0 Å². The van der Waals surface area contributed by atoms with Gasteiger partial charge in [0.25, 0.3) is 0 Å². The van der Waals surface area contributed by atoms with Gasteiger partial charge in [-0.15, -0.1) is 0 Å². The molecule has 97 valence electrons. The van der Waals surface area contributed by atoms with Crippen molar-refractivity contribution in [3.63, 3.8) is 0 Å². The van der Waals surface area contributed by atoms with Gasteiger partial charge in [-0.05, 0) is 5.92 Å². The Bertz CT molecular complexity index is 115. The topological polar surface area (TPSA) is 0 Å². The normalized spacial score (nSPS) is 11.2. The van der Waals surface area contributed by atoms with Crippen molar-refractivity contribution in [1.29, 1.82) is 0 Å². The molecule has 0 fully saturated rings. The molecule has 0 bridgehead atoms. The Morgan fingerprint density at radius 1 is 0.625 bits per heavy atom. The Morgan fingerprint density at radius 3 is 1.38 bits per heavy atom. The van der Waals surface area contributed by atoms with Crippen molar-refractivity contribution in [2.45, 2.75) is 90.9 Å². The summed E-state index contributed by atoms with van der Waals surface area (Å²) in [6, 6.07) is 0. The third kappa shape index (κ3) is 14.0. The molecule has 0 spiro atoms. The largest absolute Gasteiger partial charge is 0.0628 e. The van der Waals surface area contributed by atoms with E-state index in [1.165, 1.54) is 70.6 Å². The highest BCUT2D eigenvalue weighted by atomic mass is 14.0. The highest BCUT2D eigenvalue weighted by Crippen LogP contribution is 2.13. The lowest BCUT2D eigenvalue weighted by Crippen LogP contribution is -1.87. The summed E-state index contributed by atoms with van der Waals surface area (Å²) in [6.07, 6.45) is 16.9. The quantitative estimate of drug-likeness (QED) is 0.349. The van der Waals surface area contributed by atoms with Crippen LogP contribution in [0.5, 0.6) is 0 Å². The van der Waals surface area contributed by atoms with Crippen LogP contribution in [-0.2, 0) is 0 Å². The molecule has 0 saturated carbocycles. The molecular weight excluding hydrogens is 192 g/mol. The molecule has 0 heteroatoms. The van der Waals surface area contributed by atoms with Crippen LogP contribution in [0.15, 0.2) is 0 Å². The summed E-state index contributed by atoms with van der Waals surface area (Å²) in [4.78, 5) is 0. The molecule has 0 aromatic carbocycles. The summed E-state index contributed by atoms with van der Waals surface area (Å²) in [5, 5.41) is 0. The first kappa shape index (κ1) is 16.0. The minimum atomic E-state index is 0.896. The molecule has 0 atom stereocenters. The van der Waals surface area contributed by atoms with E-state index in [1.807, 2.05) is 0 Å². The van der Waals surface area contributed by atoms with Crippen molar-refractivity contribution in [3.05, 3.63) is 6.92 Å². The molecule has 0 nitrogen and oxygen atoms in total. The Hall–Kier alpha value is 0. The van der Waals surface area contributed by atoms with Crippen molar-refractivity contribution < 1.29 is 0 Å². The van der Waals surface area contributed by atoms with E-state index >= 15 is 0 Å². The maximum absolute atomic E-state index is 3.87. The van der Waals surface area contributed by atoms with Gasteiger partial charge in [-0.25, -0.2) is 0 Å². The zero-order valence-electron chi connectivity index (χ0n) is 11.8. The summed E-state index contributed by atoms with van der Waals surface area (Å²) in [5.74, 6) is 0.896. The molecule has 0 heterocycles. The Morgan fingerprint density at radius 2 is 1.00 bits per heavy atom. The second-order valence-electron chi connectivity index (χ2n) is 5.57. The molecule has 0 amide bonds. The Kier molecular flexibility index (Phi) is 13.1. The zero-order valence-corrected chi connectivity index (χ0v) is 11.8. The van der Waals surface area contributed by atoms with Gasteiger partial charge in [0.2, 0.25) is 0 Å². The SMILES string of the molecule is [CH2]CCCCCCCCCCCCC(C)C. The van der Waals surface area contributed by atoms with Gasteiger partial charge >= 0.3 is 0 Å². The number of hydrogen-bond donors (Lipinski definition) is 0. The predicted octanol–water partition coefficient (Wildman–Crippen LogP) is 6.16. The first-order valence-electron chi connectivity index (χ1n) is 7.56. The van der Waals surface area contributed by atoms with Crippen LogP contribution in [0, 0.1) is 12.8 Å². The van der Waals surface area contributed by atoms with Crippen LogP contribution in [0.3, 0.4) is 0 Å². The maximum Gasteiger partial charge on any atom is -0.0471 e. The predicted molar refractivity (Wildman–Crippen MR) is 75.6 cm³/mol. The number of hydrogen-bond acceptors (Lipinski definition) is 0. The van der Waals surface area contributed by atoms with Crippen LogP contribution < -0.4 is 0 Å². The molecular formula is C16H33. The lowest BCUT2D eigenvalue weighted by Gasteiger charge is -2.04. The van der Waals surface area contributed by atoms with E-state index in [9.17, 15) is 0 Å². The number of unbranched alkanes of at least 4 members (excludes halogenated alkanes) is 10. The monoisotopic (exact) mass is 225 g/mol. The van der Waals surface area contributed by atoms with Crippen molar-refractivity contribution in [1.82, 2.24) is 0 Å². The lowest BCUT2D eigenvalue weighted by molar-refractivity contribution is 0.505. The van der Waals surface area contributed by atoms with Gasteiger partial charge in [0.1, 0.15) is 0 Å². The lowest BCUT2D eigenvalue weighted by atomic mass is 10.0. The van der Waals surface area contributed by atoms with Gasteiger partial charge in [0.05, 0.1) is 0 Å². The van der Waals surface area contributed by atoms with Crippen LogP contribution in [0.4, 0.5) is 0 Å². The van der Waals surface area contributed by atoms with E-state index in [-0.39, 0.29) is 0 Å². The smallest absolute Gasteiger partial charge is 0.0471 e. The van der Waals surface area contributed by atoms with Gasteiger partial charge in [0.15, 0.2) is 0 Å². The first-order valence-corrected chi connectivity index (χ1v) is 7.56. The minimum Gasteiger partial charge on any atom is -0.0628 e. The summed E-state index contributed by atoms with van der Waals surface area (Å²) >= 11 is 0. The Labute approximate surface area is 104 Å². The van der Waals surface area contributed by atoms with E-state index in [4.69, 9.17) is 0 Å². The molecule has 0 aliphatic rings. The van der Waals surface area contributed by atoms with E-state index in [0.29, 0.717) is 0 Å². The average Bonchev–Trinajstić information content (AvgIpc) is 2.25. The molecule has 0 aromatic rings. The van der Waals surface area contributed by atoms with Crippen molar-refractivity contribution >= 4 is 0 Å². The maximum atomic E-state index is 3.87. The molecule has 0 aromatic heterocycles. The van der Waals surface area contributed by atoms with Crippen LogP contribution in [0.1, 0.15) is 90.9 Å². The minimum absolute atomic E-state index is 0.896. The fourth-order valence-electron chi connectivity index (χ4n) is 2.14. The third-order valence-electron chi connectivity index (χ3n) is 3.28. The summed E-state index contributed by atoms with van der Waals surface area (Å²) < 4.78 is 0. The van der Waals surface area contributed by atoms with Crippen LogP contribution >= 0.6 is 0 Å².